The third-order valence-corrected chi connectivity index (χ3v) is 4.88. The predicted molar refractivity (Wildman–Crippen MR) is 74.2 cm³/mol. The van der Waals surface area contributed by atoms with Gasteiger partial charge >= 0.3 is 0 Å². The second-order valence-electron chi connectivity index (χ2n) is 4.34. The Morgan fingerprint density at radius 3 is 2.56 bits per heavy atom. The summed E-state index contributed by atoms with van der Waals surface area (Å²) < 4.78 is 29.5. The zero-order valence-electron chi connectivity index (χ0n) is 10.7. The van der Waals surface area contributed by atoms with Gasteiger partial charge in [-0.3, -0.25) is 0 Å². The molecule has 18 heavy (non-hydrogen) atoms. The fourth-order valence-corrected chi connectivity index (χ4v) is 3.72. The average molecular weight is 291 g/mol. The van der Waals surface area contributed by atoms with Gasteiger partial charge in [0.1, 0.15) is 10.6 Å². The van der Waals surface area contributed by atoms with Gasteiger partial charge in [0, 0.05) is 5.88 Å². The lowest BCUT2D eigenvalue weighted by atomic mass is 10.1. The van der Waals surface area contributed by atoms with Crippen molar-refractivity contribution < 1.29 is 13.2 Å². The molecule has 0 bridgehead atoms. The van der Waals surface area contributed by atoms with E-state index in [-0.39, 0.29) is 10.6 Å². The summed E-state index contributed by atoms with van der Waals surface area (Å²) >= 11 is 5.64. The molecule has 1 aromatic rings. The van der Waals surface area contributed by atoms with Crippen molar-refractivity contribution in [3.63, 3.8) is 0 Å². The van der Waals surface area contributed by atoms with Gasteiger partial charge in [-0.25, -0.2) is 8.42 Å². The molecule has 0 aliphatic rings. The third-order valence-electron chi connectivity index (χ3n) is 2.89. The summed E-state index contributed by atoms with van der Waals surface area (Å²) in [6, 6.07) is 6.71. The fourth-order valence-electron chi connectivity index (χ4n) is 1.67. The van der Waals surface area contributed by atoms with Crippen molar-refractivity contribution in [2.24, 2.45) is 5.92 Å². The monoisotopic (exact) mass is 290 g/mol. The Bertz CT molecular complexity index is 471. The molecule has 1 aromatic carbocycles. The number of methoxy groups -OCH3 is 1. The van der Waals surface area contributed by atoms with Crippen LogP contribution in [0.2, 0.25) is 0 Å². The Morgan fingerprint density at radius 1 is 1.28 bits per heavy atom. The molecule has 0 saturated heterocycles. The normalized spacial score (nSPS) is 13.3. The Hall–Kier alpha value is -0.740. The van der Waals surface area contributed by atoms with Crippen LogP contribution in [0.15, 0.2) is 29.2 Å². The van der Waals surface area contributed by atoms with Gasteiger partial charge in [-0.2, -0.15) is 0 Å². The zero-order chi connectivity index (χ0) is 13.6. The molecule has 3 nitrogen and oxygen atoms in total. The summed E-state index contributed by atoms with van der Waals surface area (Å²) in [6.07, 6.45) is 1.45. The highest BCUT2D eigenvalue weighted by Gasteiger charge is 2.19. The summed E-state index contributed by atoms with van der Waals surface area (Å²) in [7, 11) is -1.81. The number of hydrogen-bond donors (Lipinski definition) is 0. The number of halogens is 1. The molecule has 0 aliphatic carbocycles. The van der Waals surface area contributed by atoms with Crippen molar-refractivity contribution in [2.45, 2.75) is 24.7 Å². The van der Waals surface area contributed by atoms with Crippen LogP contribution in [-0.2, 0) is 9.84 Å². The van der Waals surface area contributed by atoms with Gasteiger partial charge in [0.15, 0.2) is 9.84 Å². The third kappa shape index (κ3) is 4.18. The molecular formula is C13H19ClO3S. The minimum Gasteiger partial charge on any atom is -0.495 e. The van der Waals surface area contributed by atoms with Gasteiger partial charge < -0.3 is 4.74 Å². The van der Waals surface area contributed by atoms with E-state index in [0.717, 1.165) is 6.42 Å². The van der Waals surface area contributed by atoms with Crippen molar-refractivity contribution in [2.75, 3.05) is 18.7 Å². The maximum absolute atomic E-state index is 12.2. The topological polar surface area (TPSA) is 43.4 Å². The maximum Gasteiger partial charge on any atom is 0.182 e. The van der Waals surface area contributed by atoms with Crippen molar-refractivity contribution >= 4 is 21.4 Å². The van der Waals surface area contributed by atoms with Crippen molar-refractivity contribution in [1.29, 1.82) is 0 Å². The fraction of sp³-hybridized carbons (Fsp3) is 0.538. The first-order valence-electron chi connectivity index (χ1n) is 5.93. The summed E-state index contributed by atoms with van der Waals surface area (Å²) in [6.45, 7) is 2.01. The van der Waals surface area contributed by atoms with Gasteiger partial charge in [-0.05, 0) is 30.9 Å². The number of sulfone groups is 1. The zero-order valence-corrected chi connectivity index (χ0v) is 12.3. The molecule has 0 spiro atoms. The first-order chi connectivity index (χ1) is 8.51. The summed E-state index contributed by atoms with van der Waals surface area (Å²) in [4.78, 5) is 0.269. The van der Waals surface area contributed by atoms with Crippen LogP contribution in [0.25, 0.3) is 0 Å². The average Bonchev–Trinajstić information content (AvgIpc) is 2.37. The highest BCUT2D eigenvalue weighted by Crippen LogP contribution is 2.25. The van der Waals surface area contributed by atoms with E-state index in [1.54, 1.807) is 24.3 Å². The van der Waals surface area contributed by atoms with Crippen LogP contribution in [0.5, 0.6) is 5.75 Å². The molecule has 102 valence electrons. The molecule has 0 amide bonds. The molecule has 0 heterocycles. The van der Waals surface area contributed by atoms with Gasteiger partial charge in [-0.1, -0.05) is 19.1 Å². The summed E-state index contributed by atoms with van der Waals surface area (Å²) in [5, 5.41) is 0. The summed E-state index contributed by atoms with van der Waals surface area (Å²) in [5.74, 6) is 1.41. The first-order valence-corrected chi connectivity index (χ1v) is 8.11. The number of hydrogen-bond acceptors (Lipinski definition) is 3. The van der Waals surface area contributed by atoms with Crippen LogP contribution < -0.4 is 4.74 Å². The van der Waals surface area contributed by atoms with Crippen LogP contribution in [0, 0.1) is 5.92 Å². The molecule has 0 saturated carbocycles. The number of rotatable bonds is 7. The second-order valence-corrected chi connectivity index (χ2v) is 6.80. The van der Waals surface area contributed by atoms with Gasteiger partial charge in [0.25, 0.3) is 0 Å². The van der Waals surface area contributed by atoms with E-state index in [0.29, 0.717) is 24.0 Å². The molecule has 1 atom stereocenters. The smallest absolute Gasteiger partial charge is 0.182 e. The minimum absolute atomic E-state index is 0.130. The molecule has 0 aliphatic heterocycles. The molecule has 1 rings (SSSR count). The van der Waals surface area contributed by atoms with E-state index in [1.165, 1.54) is 7.11 Å². The summed E-state index contributed by atoms with van der Waals surface area (Å²) in [5.41, 5.74) is 0. The van der Waals surface area contributed by atoms with E-state index >= 15 is 0 Å². The van der Waals surface area contributed by atoms with Crippen LogP contribution in [-0.4, -0.2) is 27.2 Å². The molecular weight excluding hydrogens is 272 g/mol. The van der Waals surface area contributed by atoms with Crippen molar-refractivity contribution in [3.05, 3.63) is 24.3 Å². The number of ether oxygens (including phenoxy) is 1. The lowest BCUT2D eigenvalue weighted by Gasteiger charge is -2.12. The SMILES string of the molecule is COc1ccccc1S(=O)(=O)CCC(C)CCCl. The van der Waals surface area contributed by atoms with E-state index in [9.17, 15) is 8.42 Å². The first kappa shape index (κ1) is 15.3. The quantitative estimate of drug-likeness (QED) is 0.725. The molecule has 0 radical (unpaired) electrons. The Labute approximate surface area is 114 Å². The van der Waals surface area contributed by atoms with Crippen LogP contribution in [0.3, 0.4) is 0 Å². The van der Waals surface area contributed by atoms with Crippen LogP contribution in [0.4, 0.5) is 0 Å². The lowest BCUT2D eigenvalue weighted by molar-refractivity contribution is 0.402. The maximum atomic E-state index is 12.2. The number of benzene rings is 1. The lowest BCUT2D eigenvalue weighted by Crippen LogP contribution is -2.11. The Balaban J connectivity index is 2.80. The highest BCUT2D eigenvalue weighted by atomic mass is 35.5. The van der Waals surface area contributed by atoms with Gasteiger partial charge in [0.2, 0.25) is 0 Å². The molecule has 5 heteroatoms. The largest absolute Gasteiger partial charge is 0.495 e. The van der Waals surface area contributed by atoms with Crippen molar-refractivity contribution in [1.82, 2.24) is 0 Å². The molecule has 1 unspecified atom stereocenters. The standard InChI is InChI=1S/C13H19ClO3S/c1-11(7-9-14)8-10-18(15,16)13-6-4-3-5-12(13)17-2/h3-6,11H,7-10H2,1-2H3. The molecule has 0 fully saturated rings. The minimum atomic E-state index is -3.28. The highest BCUT2D eigenvalue weighted by molar-refractivity contribution is 7.91. The van der Waals surface area contributed by atoms with Gasteiger partial charge in [0.05, 0.1) is 12.9 Å². The van der Waals surface area contributed by atoms with Crippen LogP contribution in [0.1, 0.15) is 19.8 Å². The molecule has 0 N–H and O–H groups in total. The van der Waals surface area contributed by atoms with E-state index in [4.69, 9.17) is 16.3 Å². The Morgan fingerprint density at radius 2 is 1.94 bits per heavy atom. The number of para-hydroxylation sites is 1. The molecule has 0 aromatic heterocycles. The van der Waals surface area contributed by atoms with Crippen LogP contribution >= 0.6 is 11.6 Å². The van der Waals surface area contributed by atoms with Crippen molar-refractivity contribution in [3.8, 4) is 5.75 Å². The van der Waals surface area contributed by atoms with E-state index in [1.807, 2.05) is 6.92 Å². The van der Waals surface area contributed by atoms with E-state index < -0.39 is 9.84 Å². The van der Waals surface area contributed by atoms with E-state index in [2.05, 4.69) is 0 Å². The number of alkyl halides is 1. The Kier molecular flexibility index (Phi) is 5.96. The predicted octanol–water partition coefficient (Wildman–Crippen LogP) is 3.12. The van der Waals surface area contributed by atoms with Gasteiger partial charge in [-0.15, -0.1) is 11.6 Å². The second kappa shape index (κ2) is 7.00.